The summed E-state index contributed by atoms with van der Waals surface area (Å²) in [6.07, 6.45) is 10.7. The van der Waals surface area contributed by atoms with Crippen molar-refractivity contribution in [3.05, 3.63) is 0 Å². The molecule has 17 heavy (non-hydrogen) atoms. The van der Waals surface area contributed by atoms with Gasteiger partial charge >= 0.3 is 0 Å². The maximum absolute atomic E-state index is 11.0. The molecule has 2 atom stereocenters. The van der Waals surface area contributed by atoms with Crippen molar-refractivity contribution >= 4 is 0 Å². The van der Waals surface area contributed by atoms with Gasteiger partial charge in [-0.3, -0.25) is 0 Å². The molecule has 0 aromatic carbocycles. The second-order valence-corrected chi connectivity index (χ2v) is 6.55. The van der Waals surface area contributed by atoms with Gasteiger partial charge in [-0.2, -0.15) is 0 Å². The van der Waals surface area contributed by atoms with E-state index in [0.717, 1.165) is 25.9 Å². The van der Waals surface area contributed by atoms with Crippen LogP contribution in [0.15, 0.2) is 0 Å². The highest BCUT2D eigenvalue weighted by molar-refractivity contribution is 5.03. The standard InChI is InChI=1S/C15H26O2/c1-2-15(16,12-5-6-12)13-7-10-17-14(11-13)8-3-4-9-14/h12-13,16H,2-11H2,1H3. The van der Waals surface area contributed by atoms with Crippen LogP contribution in [0.4, 0.5) is 0 Å². The summed E-state index contributed by atoms with van der Waals surface area (Å²) in [6, 6.07) is 0. The monoisotopic (exact) mass is 238 g/mol. The summed E-state index contributed by atoms with van der Waals surface area (Å²) in [5, 5.41) is 11.0. The second kappa shape index (κ2) is 4.24. The van der Waals surface area contributed by atoms with Gasteiger partial charge in [-0.1, -0.05) is 19.8 Å². The molecule has 3 rings (SSSR count). The molecule has 1 heterocycles. The van der Waals surface area contributed by atoms with Crippen LogP contribution in [0.1, 0.15) is 64.7 Å². The molecule has 0 radical (unpaired) electrons. The summed E-state index contributed by atoms with van der Waals surface area (Å²) in [7, 11) is 0. The van der Waals surface area contributed by atoms with Gasteiger partial charge in [0.15, 0.2) is 0 Å². The van der Waals surface area contributed by atoms with Gasteiger partial charge in [0, 0.05) is 6.61 Å². The Morgan fingerprint density at radius 2 is 1.88 bits per heavy atom. The van der Waals surface area contributed by atoms with Gasteiger partial charge in [0.25, 0.3) is 0 Å². The van der Waals surface area contributed by atoms with E-state index in [0.29, 0.717) is 11.8 Å². The Morgan fingerprint density at radius 3 is 2.47 bits per heavy atom. The van der Waals surface area contributed by atoms with Crippen LogP contribution in [0.25, 0.3) is 0 Å². The van der Waals surface area contributed by atoms with E-state index in [1.165, 1.54) is 38.5 Å². The zero-order valence-corrected chi connectivity index (χ0v) is 11.1. The Kier molecular flexibility index (Phi) is 2.99. The lowest BCUT2D eigenvalue weighted by Crippen LogP contribution is -2.48. The molecule has 0 aromatic rings. The van der Waals surface area contributed by atoms with Crippen molar-refractivity contribution in [2.45, 2.75) is 75.9 Å². The topological polar surface area (TPSA) is 29.5 Å². The van der Waals surface area contributed by atoms with Crippen LogP contribution >= 0.6 is 0 Å². The largest absolute Gasteiger partial charge is 0.389 e. The SMILES string of the molecule is CCC(O)(C1CC1)C1CCOC2(CCCC2)C1. The van der Waals surface area contributed by atoms with Gasteiger partial charge in [-0.15, -0.1) is 0 Å². The lowest BCUT2D eigenvalue weighted by molar-refractivity contribution is -0.148. The van der Waals surface area contributed by atoms with E-state index in [1.54, 1.807) is 0 Å². The number of aliphatic hydroxyl groups is 1. The Labute approximate surface area is 105 Å². The summed E-state index contributed by atoms with van der Waals surface area (Å²) in [5.74, 6) is 1.08. The number of hydrogen-bond donors (Lipinski definition) is 1. The molecular formula is C15H26O2. The van der Waals surface area contributed by atoms with E-state index in [1.807, 2.05) is 0 Å². The zero-order valence-electron chi connectivity index (χ0n) is 11.1. The minimum atomic E-state index is -0.376. The number of hydrogen-bond acceptors (Lipinski definition) is 2. The Bertz CT molecular complexity index is 279. The molecule has 2 heteroatoms. The first-order valence-corrected chi connectivity index (χ1v) is 7.55. The molecule has 0 bridgehead atoms. The highest BCUT2D eigenvalue weighted by atomic mass is 16.5. The van der Waals surface area contributed by atoms with Crippen LogP contribution in [0.5, 0.6) is 0 Å². The number of ether oxygens (including phenoxy) is 1. The summed E-state index contributed by atoms with van der Waals surface area (Å²) in [4.78, 5) is 0. The smallest absolute Gasteiger partial charge is 0.0703 e. The molecular weight excluding hydrogens is 212 g/mol. The van der Waals surface area contributed by atoms with E-state index in [4.69, 9.17) is 4.74 Å². The van der Waals surface area contributed by atoms with E-state index in [2.05, 4.69) is 6.92 Å². The summed E-state index contributed by atoms with van der Waals surface area (Å²) < 4.78 is 6.09. The molecule has 2 unspecified atom stereocenters. The Morgan fingerprint density at radius 1 is 1.18 bits per heavy atom. The molecule has 98 valence electrons. The normalized spacial score (nSPS) is 36.0. The molecule has 0 amide bonds. The van der Waals surface area contributed by atoms with Crippen molar-refractivity contribution in [3.8, 4) is 0 Å². The molecule has 0 aromatic heterocycles. The van der Waals surface area contributed by atoms with Crippen LogP contribution in [0.2, 0.25) is 0 Å². The second-order valence-electron chi connectivity index (χ2n) is 6.55. The quantitative estimate of drug-likeness (QED) is 0.817. The molecule has 1 aliphatic heterocycles. The van der Waals surface area contributed by atoms with Crippen LogP contribution in [-0.4, -0.2) is 22.9 Å². The van der Waals surface area contributed by atoms with Crippen molar-refractivity contribution < 1.29 is 9.84 Å². The molecule has 1 saturated heterocycles. The van der Waals surface area contributed by atoms with Crippen molar-refractivity contribution in [1.82, 2.24) is 0 Å². The summed E-state index contributed by atoms with van der Waals surface area (Å²) in [6.45, 7) is 3.04. The third kappa shape index (κ3) is 2.04. The van der Waals surface area contributed by atoms with E-state index in [9.17, 15) is 5.11 Å². The van der Waals surface area contributed by atoms with Crippen molar-refractivity contribution in [1.29, 1.82) is 0 Å². The van der Waals surface area contributed by atoms with Crippen molar-refractivity contribution in [2.75, 3.05) is 6.61 Å². The molecule has 1 spiro atoms. The van der Waals surface area contributed by atoms with Crippen molar-refractivity contribution in [3.63, 3.8) is 0 Å². The third-order valence-electron chi connectivity index (χ3n) is 5.57. The first kappa shape index (κ1) is 12.0. The first-order valence-electron chi connectivity index (χ1n) is 7.55. The average Bonchev–Trinajstić information content (AvgIpc) is 3.13. The minimum Gasteiger partial charge on any atom is -0.389 e. The molecule has 1 N–H and O–H groups in total. The van der Waals surface area contributed by atoms with Gasteiger partial charge in [0.2, 0.25) is 0 Å². The lowest BCUT2D eigenvalue weighted by atomic mass is 9.71. The predicted octanol–water partition coefficient (Wildman–Crippen LogP) is 3.28. The number of rotatable bonds is 3. The Hall–Kier alpha value is -0.0800. The molecule has 3 fully saturated rings. The predicted molar refractivity (Wildman–Crippen MR) is 67.8 cm³/mol. The van der Waals surface area contributed by atoms with E-state index in [-0.39, 0.29) is 11.2 Å². The lowest BCUT2D eigenvalue weighted by Gasteiger charge is -2.45. The Balaban J connectivity index is 1.74. The maximum atomic E-state index is 11.0. The van der Waals surface area contributed by atoms with Gasteiger partial charge in [-0.05, 0) is 56.8 Å². The first-order chi connectivity index (χ1) is 8.19. The highest BCUT2D eigenvalue weighted by Gasteiger charge is 2.52. The molecule has 3 aliphatic rings. The van der Waals surface area contributed by atoms with Crippen molar-refractivity contribution in [2.24, 2.45) is 11.8 Å². The fraction of sp³-hybridized carbons (Fsp3) is 1.00. The third-order valence-corrected chi connectivity index (χ3v) is 5.57. The molecule has 2 aliphatic carbocycles. The minimum absolute atomic E-state index is 0.154. The average molecular weight is 238 g/mol. The summed E-state index contributed by atoms with van der Waals surface area (Å²) in [5.41, 5.74) is -0.222. The van der Waals surface area contributed by atoms with Gasteiger partial charge in [-0.25, -0.2) is 0 Å². The zero-order chi connectivity index (χ0) is 11.9. The molecule has 2 nitrogen and oxygen atoms in total. The fourth-order valence-corrected chi connectivity index (χ4v) is 4.32. The highest BCUT2D eigenvalue weighted by Crippen LogP contribution is 2.52. The fourth-order valence-electron chi connectivity index (χ4n) is 4.32. The van der Waals surface area contributed by atoms with Gasteiger partial charge in [0.1, 0.15) is 0 Å². The van der Waals surface area contributed by atoms with Gasteiger partial charge in [0.05, 0.1) is 11.2 Å². The van der Waals surface area contributed by atoms with E-state index < -0.39 is 0 Å². The van der Waals surface area contributed by atoms with Crippen LogP contribution in [-0.2, 0) is 4.74 Å². The maximum Gasteiger partial charge on any atom is 0.0703 e. The summed E-state index contributed by atoms with van der Waals surface area (Å²) >= 11 is 0. The van der Waals surface area contributed by atoms with Crippen LogP contribution in [0.3, 0.4) is 0 Å². The molecule has 2 saturated carbocycles. The van der Waals surface area contributed by atoms with E-state index >= 15 is 0 Å². The van der Waals surface area contributed by atoms with Crippen LogP contribution < -0.4 is 0 Å². The van der Waals surface area contributed by atoms with Crippen LogP contribution in [0, 0.1) is 11.8 Å². The van der Waals surface area contributed by atoms with Gasteiger partial charge < -0.3 is 9.84 Å².